The van der Waals surface area contributed by atoms with Crippen LogP contribution in [0.15, 0.2) is 24.3 Å². The van der Waals surface area contributed by atoms with Crippen molar-refractivity contribution in [3.8, 4) is 0 Å². The first-order chi connectivity index (χ1) is 8.94. The van der Waals surface area contributed by atoms with Gasteiger partial charge in [0, 0.05) is 23.7 Å². The van der Waals surface area contributed by atoms with Crippen molar-refractivity contribution in [3.63, 3.8) is 0 Å². The first-order valence-electron chi connectivity index (χ1n) is 5.71. The lowest BCUT2D eigenvalue weighted by atomic mass is 10.2. The molecule has 0 saturated heterocycles. The highest BCUT2D eigenvalue weighted by atomic mass is 35.5. The van der Waals surface area contributed by atoms with Crippen molar-refractivity contribution in [1.82, 2.24) is 9.97 Å². The Balaban J connectivity index is 2.32. The molecule has 0 unspecified atom stereocenters. The second kappa shape index (κ2) is 5.48. The fourth-order valence-electron chi connectivity index (χ4n) is 1.53. The highest BCUT2D eigenvalue weighted by Crippen LogP contribution is 2.21. The van der Waals surface area contributed by atoms with E-state index in [2.05, 4.69) is 15.3 Å². The van der Waals surface area contributed by atoms with Gasteiger partial charge in [0.25, 0.3) is 0 Å². The summed E-state index contributed by atoms with van der Waals surface area (Å²) < 4.78 is 26.2. The molecule has 6 heteroatoms. The van der Waals surface area contributed by atoms with Crippen molar-refractivity contribution >= 4 is 23.1 Å². The van der Waals surface area contributed by atoms with Crippen LogP contribution < -0.4 is 5.32 Å². The predicted octanol–water partition coefficient (Wildman–Crippen LogP) is 4.28. The Morgan fingerprint density at radius 2 is 1.68 bits per heavy atom. The summed E-state index contributed by atoms with van der Waals surface area (Å²) in [5.74, 6) is -0.262. The molecule has 2 rings (SSSR count). The summed E-state index contributed by atoms with van der Waals surface area (Å²) in [6.45, 7) is 3.86. The van der Waals surface area contributed by atoms with E-state index in [0.29, 0.717) is 11.6 Å². The maximum absolute atomic E-state index is 13.1. The number of rotatable bonds is 3. The molecule has 19 heavy (non-hydrogen) atoms. The zero-order valence-corrected chi connectivity index (χ0v) is 11.2. The number of benzene rings is 1. The van der Waals surface area contributed by atoms with Crippen LogP contribution in [0.5, 0.6) is 0 Å². The summed E-state index contributed by atoms with van der Waals surface area (Å²) in [5.41, 5.74) is 0.266. The maximum Gasteiger partial charge on any atom is 0.135 e. The summed E-state index contributed by atoms with van der Waals surface area (Å²) in [7, 11) is 0. The highest BCUT2D eigenvalue weighted by Gasteiger charge is 2.08. The van der Waals surface area contributed by atoms with Crippen LogP contribution in [-0.2, 0) is 0 Å². The van der Waals surface area contributed by atoms with Gasteiger partial charge in [0.1, 0.15) is 28.4 Å². The van der Waals surface area contributed by atoms with Crippen LogP contribution >= 0.6 is 11.6 Å². The van der Waals surface area contributed by atoms with E-state index in [1.165, 1.54) is 18.2 Å². The summed E-state index contributed by atoms with van der Waals surface area (Å²) in [5, 5.41) is 3.08. The third-order valence-corrected chi connectivity index (χ3v) is 2.56. The molecule has 0 atom stereocenters. The van der Waals surface area contributed by atoms with E-state index in [-0.39, 0.29) is 16.8 Å². The molecule has 0 fully saturated rings. The molecule has 1 N–H and O–H groups in total. The van der Waals surface area contributed by atoms with E-state index in [1.807, 2.05) is 13.8 Å². The Morgan fingerprint density at radius 1 is 1.05 bits per heavy atom. The minimum absolute atomic E-state index is 0.100. The van der Waals surface area contributed by atoms with Gasteiger partial charge < -0.3 is 5.32 Å². The van der Waals surface area contributed by atoms with Crippen LogP contribution in [0.2, 0.25) is 5.15 Å². The SMILES string of the molecule is CC(C)c1nc(Cl)cc(Nc2cc(F)cc(F)c2)n1. The molecule has 0 spiro atoms. The van der Waals surface area contributed by atoms with Crippen LogP contribution in [0.4, 0.5) is 20.3 Å². The van der Waals surface area contributed by atoms with Gasteiger partial charge in [-0.1, -0.05) is 25.4 Å². The predicted molar refractivity (Wildman–Crippen MR) is 70.8 cm³/mol. The molecule has 0 aliphatic carbocycles. The maximum atomic E-state index is 13.1. The van der Waals surface area contributed by atoms with Crippen LogP contribution in [0.1, 0.15) is 25.6 Å². The second-order valence-electron chi connectivity index (χ2n) is 4.37. The molecule has 1 aromatic carbocycles. The van der Waals surface area contributed by atoms with Crippen molar-refractivity contribution in [2.75, 3.05) is 5.32 Å². The number of aromatic nitrogens is 2. The minimum Gasteiger partial charge on any atom is -0.340 e. The number of nitrogens with one attached hydrogen (secondary N) is 1. The molecule has 0 bridgehead atoms. The van der Waals surface area contributed by atoms with Gasteiger partial charge in [-0.05, 0) is 12.1 Å². The van der Waals surface area contributed by atoms with Gasteiger partial charge in [-0.2, -0.15) is 0 Å². The lowest BCUT2D eigenvalue weighted by Crippen LogP contribution is -2.02. The summed E-state index contributed by atoms with van der Waals surface area (Å²) >= 11 is 5.88. The first kappa shape index (κ1) is 13.7. The van der Waals surface area contributed by atoms with E-state index >= 15 is 0 Å². The average Bonchev–Trinajstić information content (AvgIpc) is 2.26. The van der Waals surface area contributed by atoms with E-state index < -0.39 is 11.6 Å². The van der Waals surface area contributed by atoms with Crippen molar-refractivity contribution in [1.29, 1.82) is 0 Å². The van der Waals surface area contributed by atoms with Crippen molar-refractivity contribution in [2.24, 2.45) is 0 Å². The molecule has 0 aliphatic rings. The molecule has 1 aromatic heterocycles. The molecule has 3 nitrogen and oxygen atoms in total. The smallest absolute Gasteiger partial charge is 0.135 e. The van der Waals surface area contributed by atoms with Gasteiger partial charge in [0.15, 0.2) is 0 Å². The Kier molecular flexibility index (Phi) is 3.95. The molecular formula is C13H12ClF2N3. The summed E-state index contributed by atoms with van der Waals surface area (Å²) in [6.07, 6.45) is 0. The third-order valence-electron chi connectivity index (χ3n) is 2.36. The fourth-order valence-corrected chi connectivity index (χ4v) is 1.72. The van der Waals surface area contributed by atoms with Gasteiger partial charge in [-0.15, -0.1) is 0 Å². The highest BCUT2D eigenvalue weighted by molar-refractivity contribution is 6.29. The lowest BCUT2D eigenvalue weighted by molar-refractivity contribution is 0.584. The monoisotopic (exact) mass is 283 g/mol. The van der Waals surface area contributed by atoms with Crippen LogP contribution in [0, 0.1) is 11.6 Å². The fraction of sp³-hybridized carbons (Fsp3) is 0.231. The third kappa shape index (κ3) is 3.61. The summed E-state index contributed by atoms with van der Waals surface area (Å²) in [4.78, 5) is 8.31. The van der Waals surface area contributed by atoms with Crippen LogP contribution in [0.25, 0.3) is 0 Å². The Hall–Kier alpha value is -1.75. The molecular weight excluding hydrogens is 272 g/mol. The zero-order valence-electron chi connectivity index (χ0n) is 10.4. The minimum atomic E-state index is -0.660. The quantitative estimate of drug-likeness (QED) is 0.855. The van der Waals surface area contributed by atoms with Crippen molar-refractivity contribution in [2.45, 2.75) is 19.8 Å². The van der Waals surface area contributed by atoms with Gasteiger partial charge in [-0.3, -0.25) is 0 Å². The largest absolute Gasteiger partial charge is 0.340 e. The number of anilines is 2. The van der Waals surface area contributed by atoms with Gasteiger partial charge in [0.05, 0.1) is 0 Å². The van der Waals surface area contributed by atoms with Gasteiger partial charge in [0.2, 0.25) is 0 Å². The van der Waals surface area contributed by atoms with Gasteiger partial charge >= 0.3 is 0 Å². The topological polar surface area (TPSA) is 37.8 Å². The molecule has 0 aliphatic heterocycles. The molecule has 100 valence electrons. The molecule has 0 saturated carbocycles. The molecule has 0 radical (unpaired) electrons. The van der Waals surface area contributed by atoms with E-state index in [0.717, 1.165) is 6.07 Å². The van der Waals surface area contributed by atoms with E-state index in [4.69, 9.17) is 11.6 Å². The normalized spacial score (nSPS) is 10.8. The number of hydrogen-bond donors (Lipinski definition) is 1. The number of nitrogens with zero attached hydrogens (tertiary/aromatic N) is 2. The molecule has 1 heterocycles. The molecule has 2 aromatic rings. The first-order valence-corrected chi connectivity index (χ1v) is 6.09. The van der Waals surface area contributed by atoms with Crippen LogP contribution in [-0.4, -0.2) is 9.97 Å². The summed E-state index contributed by atoms with van der Waals surface area (Å²) in [6, 6.07) is 4.65. The van der Waals surface area contributed by atoms with E-state index in [1.54, 1.807) is 0 Å². The second-order valence-corrected chi connectivity index (χ2v) is 4.76. The van der Waals surface area contributed by atoms with Gasteiger partial charge in [-0.25, -0.2) is 18.7 Å². The average molecular weight is 284 g/mol. The number of halogens is 3. The Morgan fingerprint density at radius 3 is 2.26 bits per heavy atom. The van der Waals surface area contributed by atoms with Crippen LogP contribution in [0.3, 0.4) is 0 Å². The molecule has 0 amide bonds. The zero-order chi connectivity index (χ0) is 14.0. The van der Waals surface area contributed by atoms with Crippen molar-refractivity contribution < 1.29 is 8.78 Å². The van der Waals surface area contributed by atoms with Crippen molar-refractivity contribution in [3.05, 3.63) is 46.9 Å². The number of hydrogen-bond acceptors (Lipinski definition) is 3. The standard InChI is InChI=1S/C13H12ClF2N3/c1-7(2)13-18-11(14)6-12(19-13)17-10-4-8(15)3-9(16)5-10/h3-7H,1-2H3,(H,17,18,19). The van der Waals surface area contributed by atoms with E-state index in [9.17, 15) is 8.78 Å². The lowest BCUT2D eigenvalue weighted by Gasteiger charge is -2.09. The Bertz CT molecular complexity index is 582. The Labute approximate surface area is 114 Å².